The van der Waals surface area contributed by atoms with Crippen molar-refractivity contribution < 1.29 is 14.3 Å². The highest BCUT2D eigenvalue weighted by atomic mass is 16.5. The van der Waals surface area contributed by atoms with Gasteiger partial charge >= 0.3 is 0 Å². The van der Waals surface area contributed by atoms with E-state index in [0.29, 0.717) is 19.8 Å². The Morgan fingerprint density at radius 2 is 2.31 bits per heavy atom. The molecule has 0 aromatic rings. The van der Waals surface area contributed by atoms with E-state index in [1.165, 1.54) is 0 Å². The topological polar surface area (TPSA) is 59.6 Å². The molecule has 0 spiro atoms. The molecule has 1 aliphatic rings. The lowest BCUT2D eigenvalue weighted by Crippen LogP contribution is -2.48. The number of carbonyl (C=O) groups excluding carboxylic acids is 1. The summed E-state index contributed by atoms with van der Waals surface area (Å²) < 4.78 is 10.2. The van der Waals surface area contributed by atoms with Gasteiger partial charge in [0.05, 0.1) is 19.3 Å². The summed E-state index contributed by atoms with van der Waals surface area (Å²) >= 11 is 0. The molecule has 1 amide bonds. The van der Waals surface area contributed by atoms with E-state index in [1.807, 2.05) is 0 Å². The van der Waals surface area contributed by atoms with E-state index in [0.717, 1.165) is 32.4 Å². The number of hydrogen-bond acceptors (Lipinski definition) is 4. The Hall–Kier alpha value is -0.650. The van der Waals surface area contributed by atoms with Crippen molar-refractivity contribution in [2.24, 2.45) is 0 Å². The van der Waals surface area contributed by atoms with Crippen LogP contribution in [0.1, 0.15) is 19.3 Å². The van der Waals surface area contributed by atoms with Crippen molar-refractivity contribution in [3.8, 4) is 0 Å². The van der Waals surface area contributed by atoms with Crippen molar-refractivity contribution in [3.63, 3.8) is 0 Å². The zero-order valence-corrected chi connectivity index (χ0v) is 9.96. The van der Waals surface area contributed by atoms with Crippen LogP contribution in [-0.4, -0.2) is 52.0 Å². The summed E-state index contributed by atoms with van der Waals surface area (Å²) in [5.41, 5.74) is 0. The first-order valence-corrected chi connectivity index (χ1v) is 5.92. The summed E-state index contributed by atoms with van der Waals surface area (Å²) in [6.45, 7) is 3.63. The minimum atomic E-state index is -0.00674. The van der Waals surface area contributed by atoms with E-state index < -0.39 is 0 Å². The average molecular weight is 230 g/mol. The smallest absolute Gasteiger partial charge is 0.237 e. The summed E-state index contributed by atoms with van der Waals surface area (Å²) in [6.07, 6.45) is 2.93. The number of carbonyl (C=O) groups is 1. The van der Waals surface area contributed by atoms with Crippen LogP contribution in [0.3, 0.4) is 0 Å². The Morgan fingerprint density at radius 3 is 3.06 bits per heavy atom. The molecular formula is C11H22N2O3. The van der Waals surface area contributed by atoms with Gasteiger partial charge in [-0.25, -0.2) is 0 Å². The standard InChI is InChI=1S/C11H22N2O3/c1-15-8-9-16-7-3-6-12-10-4-2-5-13-11(10)14/h10,12H,2-9H2,1H3,(H,13,14). The van der Waals surface area contributed by atoms with E-state index >= 15 is 0 Å². The summed E-state index contributed by atoms with van der Waals surface area (Å²) in [6, 6.07) is -0.00674. The quantitative estimate of drug-likeness (QED) is 0.572. The minimum Gasteiger partial charge on any atom is -0.382 e. The molecule has 1 unspecified atom stereocenters. The SMILES string of the molecule is COCCOCCCNC1CCCNC1=O. The lowest BCUT2D eigenvalue weighted by Gasteiger charge is -2.22. The van der Waals surface area contributed by atoms with Crippen molar-refractivity contribution in [2.75, 3.05) is 40.0 Å². The van der Waals surface area contributed by atoms with Gasteiger partial charge in [0.15, 0.2) is 0 Å². The first-order chi connectivity index (χ1) is 7.84. The third-order valence-electron chi connectivity index (χ3n) is 2.57. The highest BCUT2D eigenvalue weighted by Gasteiger charge is 2.20. The Balaban J connectivity index is 1.92. The van der Waals surface area contributed by atoms with Gasteiger partial charge in [-0.3, -0.25) is 4.79 Å². The molecule has 1 atom stereocenters. The highest BCUT2D eigenvalue weighted by molar-refractivity contribution is 5.82. The Kier molecular flexibility index (Phi) is 7.12. The summed E-state index contributed by atoms with van der Waals surface area (Å²) in [4.78, 5) is 11.4. The summed E-state index contributed by atoms with van der Waals surface area (Å²) in [5.74, 6) is 0.131. The van der Waals surface area contributed by atoms with Crippen molar-refractivity contribution in [3.05, 3.63) is 0 Å². The molecule has 1 rings (SSSR count). The van der Waals surface area contributed by atoms with Gasteiger partial charge in [-0.1, -0.05) is 0 Å². The fourth-order valence-electron chi connectivity index (χ4n) is 1.66. The molecule has 0 saturated carbocycles. The Labute approximate surface area is 96.9 Å². The van der Waals surface area contributed by atoms with Crippen LogP contribution in [0.25, 0.3) is 0 Å². The largest absolute Gasteiger partial charge is 0.382 e. The maximum Gasteiger partial charge on any atom is 0.237 e. The molecule has 0 aliphatic carbocycles. The lowest BCUT2D eigenvalue weighted by atomic mass is 10.1. The van der Waals surface area contributed by atoms with Crippen LogP contribution >= 0.6 is 0 Å². The molecule has 1 saturated heterocycles. The van der Waals surface area contributed by atoms with Gasteiger partial charge < -0.3 is 20.1 Å². The molecule has 2 N–H and O–H groups in total. The lowest BCUT2D eigenvalue weighted by molar-refractivity contribution is -0.124. The fourth-order valence-corrected chi connectivity index (χ4v) is 1.66. The number of rotatable bonds is 8. The Bertz CT molecular complexity index is 200. The molecule has 16 heavy (non-hydrogen) atoms. The average Bonchev–Trinajstić information content (AvgIpc) is 2.30. The molecule has 5 heteroatoms. The van der Waals surface area contributed by atoms with Crippen molar-refractivity contribution in [2.45, 2.75) is 25.3 Å². The third-order valence-corrected chi connectivity index (χ3v) is 2.57. The van der Waals surface area contributed by atoms with Crippen molar-refractivity contribution >= 4 is 5.91 Å². The molecule has 0 radical (unpaired) electrons. The number of nitrogens with one attached hydrogen (secondary N) is 2. The zero-order chi connectivity index (χ0) is 11.6. The molecule has 0 bridgehead atoms. The van der Waals surface area contributed by atoms with Crippen molar-refractivity contribution in [1.82, 2.24) is 10.6 Å². The van der Waals surface area contributed by atoms with Gasteiger partial charge in [0.25, 0.3) is 0 Å². The molecule has 1 fully saturated rings. The van der Waals surface area contributed by atoms with Crippen LogP contribution in [0.15, 0.2) is 0 Å². The molecule has 5 nitrogen and oxygen atoms in total. The number of piperidine rings is 1. The van der Waals surface area contributed by atoms with Crippen LogP contribution < -0.4 is 10.6 Å². The summed E-state index contributed by atoms with van der Waals surface area (Å²) in [7, 11) is 1.66. The van der Waals surface area contributed by atoms with E-state index in [9.17, 15) is 4.79 Å². The fraction of sp³-hybridized carbons (Fsp3) is 0.909. The molecular weight excluding hydrogens is 208 g/mol. The number of methoxy groups -OCH3 is 1. The first-order valence-electron chi connectivity index (χ1n) is 5.92. The summed E-state index contributed by atoms with van der Waals surface area (Å²) in [5, 5.41) is 6.09. The van der Waals surface area contributed by atoms with Gasteiger partial charge in [0.2, 0.25) is 5.91 Å². The van der Waals surface area contributed by atoms with E-state index in [-0.39, 0.29) is 11.9 Å². The van der Waals surface area contributed by atoms with Crippen LogP contribution in [0, 0.1) is 0 Å². The molecule has 0 aromatic heterocycles. The maximum atomic E-state index is 11.4. The molecule has 1 heterocycles. The highest BCUT2D eigenvalue weighted by Crippen LogP contribution is 2.02. The predicted molar refractivity (Wildman–Crippen MR) is 61.3 cm³/mol. The monoisotopic (exact) mass is 230 g/mol. The normalized spacial score (nSPS) is 20.8. The van der Waals surface area contributed by atoms with E-state index in [1.54, 1.807) is 7.11 Å². The second-order valence-corrected chi connectivity index (χ2v) is 3.90. The van der Waals surface area contributed by atoms with Gasteiger partial charge in [0, 0.05) is 20.3 Å². The van der Waals surface area contributed by atoms with Gasteiger partial charge in [0.1, 0.15) is 0 Å². The number of ether oxygens (including phenoxy) is 2. The number of amides is 1. The first kappa shape index (κ1) is 13.4. The molecule has 94 valence electrons. The van der Waals surface area contributed by atoms with Crippen LogP contribution in [-0.2, 0) is 14.3 Å². The second kappa shape index (κ2) is 8.50. The zero-order valence-electron chi connectivity index (χ0n) is 9.96. The van der Waals surface area contributed by atoms with Crippen LogP contribution in [0.4, 0.5) is 0 Å². The number of hydrogen-bond donors (Lipinski definition) is 2. The minimum absolute atomic E-state index is 0.00674. The molecule has 1 aliphatic heterocycles. The van der Waals surface area contributed by atoms with Gasteiger partial charge in [-0.2, -0.15) is 0 Å². The predicted octanol–water partition coefficient (Wildman–Crippen LogP) is -0.0923. The van der Waals surface area contributed by atoms with Crippen molar-refractivity contribution in [1.29, 1.82) is 0 Å². The van der Waals surface area contributed by atoms with Crippen LogP contribution in [0.5, 0.6) is 0 Å². The van der Waals surface area contributed by atoms with E-state index in [2.05, 4.69) is 10.6 Å². The van der Waals surface area contributed by atoms with E-state index in [4.69, 9.17) is 9.47 Å². The Morgan fingerprint density at radius 1 is 1.44 bits per heavy atom. The van der Waals surface area contributed by atoms with Gasteiger partial charge in [-0.15, -0.1) is 0 Å². The third kappa shape index (κ3) is 5.44. The molecule has 0 aromatic carbocycles. The second-order valence-electron chi connectivity index (χ2n) is 3.90. The maximum absolute atomic E-state index is 11.4. The van der Waals surface area contributed by atoms with Gasteiger partial charge in [-0.05, 0) is 25.8 Å². The van der Waals surface area contributed by atoms with Crippen LogP contribution in [0.2, 0.25) is 0 Å².